The van der Waals surface area contributed by atoms with E-state index in [2.05, 4.69) is 25.7 Å². The fraction of sp³-hybridized carbons (Fsp3) is 0.344. The Kier molecular flexibility index (Phi) is 8.53. The number of amides is 1. The van der Waals surface area contributed by atoms with E-state index in [0.717, 1.165) is 23.1 Å². The van der Waals surface area contributed by atoms with Crippen LogP contribution in [0.25, 0.3) is 0 Å². The van der Waals surface area contributed by atoms with Gasteiger partial charge in [0.05, 0.1) is 7.11 Å². The zero-order chi connectivity index (χ0) is 26.3. The van der Waals surface area contributed by atoms with Crippen molar-refractivity contribution in [3.05, 3.63) is 95.6 Å². The molecule has 5 heteroatoms. The topological polar surface area (TPSA) is 59.0 Å². The van der Waals surface area contributed by atoms with E-state index >= 15 is 0 Å². The lowest BCUT2D eigenvalue weighted by atomic mass is 9.74. The van der Waals surface area contributed by atoms with Crippen LogP contribution in [0.4, 0.5) is 0 Å². The number of benzene rings is 3. The summed E-state index contributed by atoms with van der Waals surface area (Å²) in [5, 5.41) is 10.7. The van der Waals surface area contributed by atoms with Gasteiger partial charge in [-0.3, -0.25) is 4.79 Å². The molecule has 3 aromatic carbocycles. The summed E-state index contributed by atoms with van der Waals surface area (Å²) in [7, 11) is 1.62. The molecule has 37 heavy (non-hydrogen) atoms. The SMILES string of the molecule is CCC1(C)CN(C(=O)C(O)Cc2ccccc2)CC1c1ccc(OC)c(OCC#Cc2ccccc2)c1. The first-order valence-corrected chi connectivity index (χ1v) is 12.8. The quantitative estimate of drug-likeness (QED) is 0.442. The van der Waals surface area contributed by atoms with Gasteiger partial charge in [-0.15, -0.1) is 0 Å². The summed E-state index contributed by atoms with van der Waals surface area (Å²) in [6.45, 7) is 5.75. The highest BCUT2D eigenvalue weighted by molar-refractivity contribution is 5.81. The van der Waals surface area contributed by atoms with Crippen molar-refractivity contribution in [2.24, 2.45) is 5.41 Å². The normalized spacial score (nSPS) is 19.6. The summed E-state index contributed by atoms with van der Waals surface area (Å²) >= 11 is 0. The van der Waals surface area contributed by atoms with Crippen molar-refractivity contribution in [3.8, 4) is 23.3 Å². The molecule has 1 aliphatic rings. The molecule has 0 aromatic heterocycles. The van der Waals surface area contributed by atoms with E-state index in [4.69, 9.17) is 9.47 Å². The van der Waals surface area contributed by atoms with Gasteiger partial charge in [-0.2, -0.15) is 0 Å². The van der Waals surface area contributed by atoms with Gasteiger partial charge in [-0.05, 0) is 47.2 Å². The van der Waals surface area contributed by atoms with Gasteiger partial charge in [-0.1, -0.05) is 80.3 Å². The van der Waals surface area contributed by atoms with Crippen LogP contribution in [-0.4, -0.2) is 48.8 Å². The first kappa shape index (κ1) is 26.3. The molecule has 3 aromatic rings. The van der Waals surface area contributed by atoms with Crippen molar-refractivity contribution in [1.82, 2.24) is 4.90 Å². The number of aliphatic hydroxyl groups is 1. The fourth-order valence-electron chi connectivity index (χ4n) is 5.02. The van der Waals surface area contributed by atoms with Crippen LogP contribution >= 0.6 is 0 Å². The van der Waals surface area contributed by atoms with Gasteiger partial charge in [0, 0.05) is 31.0 Å². The van der Waals surface area contributed by atoms with Gasteiger partial charge in [0.1, 0.15) is 12.7 Å². The Hall–Kier alpha value is -3.75. The predicted molar refractivity (Wildman–Crippen MR) is 146 cm³/mol. The molecule has 0 radical (unpaired) electrons. The molecule has 1 N–H and O–H groups in total. The minimum atomic E-state index is -1.06. The average molecular weight is 498 g/mol. The Labute approximate surface area is 220 Å². The smallest absolute Gasteiger partial charge is 0.251 e. The van der Waals surface area contributed by atoms with E-state index in [0.29, 0.717) is 31.0 Å². The molecule has 192 valence electrons. The van der Waals surface area contributed by atoms with Crippen LogP contribution < -0.4 is 9.47 Å². The number of ether oxygens (including phenoxy) is 2. The molecule has 1 saturated heterocycles. The predicted octanol–water partition coefficient (Wildman–Crippen LogP) is 5.07. The Morgan fingerprint density at radius 3 is 2.46 bits per heavy atom. The van der Waals surface area contributed by atoms with Crippen LogP contribution in [0, 0.1) is 17.3 Å². The van der Waals surface area contributed by atoms with Crippen LogP contribution in [0.1, 0.15) is 42.9 Å². The lowest BCUT2D eigenvalue weighted by Gasteiger charge is -2.29. The van der Waals surface area contributed by atoms with Gasteiger partial charge in [0.2, 0.25) is 0 Å². The summed E-state index contributed by atoms with van der Waals surface area (Å²) in [6, 6.07) is 25.4. The number of hydrogen-bond donors (Lipinski definition) is 1. The summed E-state index contributed by atoms with van der Waals surface area (Å²) < 4.78 is 11.5. The molecular weight excluding hydrogens is 462 g/mol. The molecule has 1 fully saturated rings. The van der Waals surface area contributed by atoms with Gasteiger partial charge >= 0.3 is 0 Å². The molecule has 1 heterocycles. The van der Waals surface area contributed by atoms with Crippen molar-refractivity contribution in [3.63, 3.8) is 0 Å². The molecule has 3 unspecified atom stereocenters. The van der Waals surface area contributed by atoms with Gasteiger partial charge in [0.25, 0.3) is 5.91 Å². The van der Waals surface area contributed by atoms with Crippen LogP contribution in [-0.2, 0) is 11.2 Å². The minimum Gasteiger partial charge on any atom is -0.493 e. The van der Waals surface area contributed by atoms with E-state index in [1.165, 1.54) is 0 Å². The first-order valence-electron chi connectivity index (χ1n) is 12.8. The highest BCUT2D eigenvalue weighted by Gasteiger charge is 2.45. The molecule has 4 rings (SSSR count). The maximum absolute atomic E-state index is 13.2. The van der Waals surface area contributed by atoms with Crippen molar-refractivity contribution >= 4 is 5.91 Å². The molecule has 0 bridgehead atoms. The third kappa shape index (κ3) is 6.34. The van der Waals surface area contributed by atoms with Crippen LogP contribution in [0.2, 0.25) is 0 Å². The Balaban J connectivity index is 1.49. The molecule has 0 saturated carbocycles. The number of aliphatic hydroxyl groups excluding tert-OH is 1. The second-order valence-corrected chi connectivity index (χ2v) is 9.85. The highest BCUT2D eigenvalue weighted by Crippen LogP contribution is 2.46. The number of likely N-dealkylation sites (tertiary alicyclic amines) is 1. The minimum absolute atomic E-state index is 0.106. The summed E-state index contributed by atoms with van der Waals surface area (Å²) in [6.07, 6.45) is 0.162. The van der Waals surface area contributed by atoms with E-state index in [1.54, 1.807) is 7.11 Å². The molecule has 1 aliphatic heterocycles. The third-order valence-corrected chi connectivity index (χ3v) is 7.37. The Morgan fingerprint density at radius 1 is 1.08 bits per heavy atom. The third-order valence-electron chi connectivity index (χ3n) is 7.37. The van der Waals surface area contributed by atoms with Crippen molar-refractivity contribution in [2.45, 2.75) is 38.7 Å². The number of hydrogen-bond acceptors (Lipinski definition) is 4. The number of carbonyl (C=O) groups is 1. The van der Waals surface area contributed by atoms with Crippen LogP contribution in [0.15, 0.2) is 78.9 Å². The number of methoxy groups -OCH3 is 1. The zero-order valence-electron chi connectivity index (χ0n) is 21.8. The number of rotatable bonds is 8. The largest absolute Gasteiger partial charge is 0.493 e. The monoisotopic (exact) mass is 497 g/mol. The maximum Gasteiger partial charge on any atom is 0.251 e. The van der Waals surface area contributed by atoms with Crippen molar-refractivity contribution < 1.29 is 19.4 Å². The number of nitrogens with zero attached hydrogens (tertiary/aromatic N) is 1. The van der Waals surface area contributed by atoms with E-state index in [1.807, 2.05) is 83.8 Å². The molecule has 3 atom stereocenters. The average Bonchev–Trinajstić information content (AvgIpc) is 3.29. The summed E-state index contributed by atoms with van der Waals surface area (Å²) in [4.78, 5) is 15.0. The van der Waals surface area contributed by atoms with Gasteiger partial charge in [0.15, 0.2) is 11.5 Å². The molecule has 5 nitrogen and oxygen atoms in total. The van der Waals surface area contributed by atoms with Crippen LogP contribution in [0.3, 0.4) is 0 Å². The molecule has 0 aliphatic carbocycles. The Bertz CT molecular complexity index is 1250. The standard InChI is InChI=1S/C32H35NO4/c1-4-32(2)23-33(31(35)28(34)20-25-14-9-6-10-15-25)22-27(32)26-17-18-29(36-3)30(21-26)37-19-11-16-24-12-7-5-8-13-24/h5-10,12-15,17-18,21,27-28,34H,4,19-20,22-23H2,1-3H3. The summed E-state index contributed by atoms with van der Waals surface area (Å²) in [5.74, 6) is 7.34. The summed E-state index contributed by atoms with van der Waals surface area (Å²) in [5.41, 5.74) is 2.85. The fourth-order valence-corrected chi connectivity index (χ4v) is 5.02. The number of carbonyl (C=O) groups excluding carboxylic acids is 1. The first-order chi connectivity index (χ1) is 17.9. The molecular formula is C32H35NO4. The second-order valence-electron chi connectivity index (χ2n) is 9.85. The molecule has 1 amide bonds. The lowest BCUT2D eigenvalue weighted by molar-refractivity contribution is -0.139. The maximum atomic E-state index is 13.2. The molecule has 0 spiro atoms. The lowest BCUT2D eigenvalue weighted by Crippen LogP contribution is -2.39. The zero-order valence-corrected chi connectivity index (χ0v) is 21.8. The van der Waals surface area contributed by atoms with E-state index in [-0.39, 0.29) is 23.8 Å². The highest BCUT2D eigenvalue weighted by atomic mass is 16.5. The van der Waals surface area contributed by atoms with Crippen LogP contribution in [0.5, 0.6) is 11.5 Å². The van der Waals surface area contributed by atoms with E-state index < -0.39 is 6.10 Å². The Morgan fingerprint density at radius 2 is 1.78 bits per heavy atom. The van der Waals surface area contributed by atoms with Gasteiger partial charge < -0.3 is 19.5 Å². The van der Waals surface area contributed by atoms with E-state index in [9.17, 15) is 9.90 Å². The van der Waals surface area contributed by atoms with Crippen molar-refractivity contribution in [1.29, 1.82) is 0 Å². The van der Waals surface area contributed by atoms with Crippen molar-refractivity contribution in [2.75, 3.05) is 26.8 Å². The van der Waals surface area contributed by atoms with Gasteiger partial charge in [-0.25, -0.2) is 0 Å². The second kappa shape index (κ2) is 12.0.